The number of amides is 1. The number of primary amides is 1. The fraction of sp³-hybridized carbons (Fsp3) is 0.533. The van der Waals surface area contributed by atoms with Gasteiger partial charge in [0.1, 0.15) is 0 Å². The first-order valence-corrected chi connectivity index (χ1v) is 7.29. The van der Waals surface area contributed by atoms with Crippen LogP contribution in [0.1, 0.15) is 12.0 Å². The summed E-state index contributed by atoms with van der Waals surface area (Å²) in [5.41, 5.74) is 5.90. The minimum atomic E-state index is -0.859. The lowest BCUT2D eigenvalue weighted by Crippen LogP contribution is -2.54. The van der Waals surface area contributed by atoms with Gasteiger partial charge in [0.2, 0.25) is 5.91 Å². The van der Waals surface area contributed by atoms with Crippen LogP contribution in [0, 0.1) is 11.6 Å². The lowest BCUT2D eigenvalue weighted by Gasteiger charge is -2.41. The molecule has 3 N–H and O–H groups in total. The molecule has 7 heteroatoms. The third kappa shape index (κ3) is 4.46. The molecule has 5 nitrogen and oxygen atoms in total. The summed E-state index contributed by atoms with van der Waals surface area (Å²) in [6.07, 6.45) is 0.555. The van der Waals surface area contributed by atoms with Gasteiger partial charge in [-0.15, -0.1) is 0 Å². The number of halogens is 2. The van der Waals surface area contributed by atoms with Gasteiger partial charge in [-0.2, -0.15) is 0 Å². The van der Waals surface area contributed by atoms with Crippen LogP contribution in [0.4, 0.5) is 8.78 Å². The number of hydrogen-bond acceptors (Lipinski definition) is 4. The second-order valence-electron chi connectivity index (χ2n) is 5.59. The van der Waals surface area contributed by atoms with E-state index in [1.807, 2.05) is 4.90 Å². The minimum absolute atomic E-state index is 0.0311. The Morgan fingerprint density at radius 1 is 1.32 bits per heavy atom. The summed E-state index contributed by atoms with van der Waals surface area (Å²) in [5, 5.41) is 9.20. The number of nitrogens with zero attached hydrogens (tertiary/aromatic N) is 2. The van der Waals surface area contributed by atoms with Crippen LogP contribution in [0.5, 0.6) is 0 Å². The second kappa shape index (κ2) is 7.62. The van der Waals surface area contributed by atoms with E-state index < -0.39 is 11.6 Å². The van der Waals surface area contributed by atoms with Crippen molar-refractivity contribution in [1.29, 1.82) is 0 Å². The Morgan fingerprint density at radius 3 is 2.73 bits per heavy atom. The van der Waals surface area contributed by atoms with E-state index in [-0.39, 0.29) is 25.1 Å². The Labute approximate surface area is 128 Å². The molecule has 1 aromatic rings. The molecule has 1 heterocycles. The molecule has 1 atom stereocenters. The van der Waals surface area contributed by atoms with Crippen molar-refractivity contribution in [3.63, 3.8) is 0 Å². The largest absolute Gasteiger partial charge is 0.396 e. The summed E-state index contributed by atoms with van der Waals surface area (Å²) in [5.74, 6) is -2.10. The Bertz CT molecular complexity index is 528. The average molecular weight is 313 g/mol. The van der Waals surface area contributed by atoms with Gasteiger partial charge in [-0.1, -0.05) is 6.07 Å². The van der Waals surface area contributed by atoms with Gasteiger partial charge in [-0.25, -0.2) is 8.78 Å². The summed E-state index contributed by atoms with van der Waals surface area (Å²) in [4.78, 5) is 15.1. The maximum Gasteiger partial charge on any atom is 0.231 e. The topological polar surface area (TPSA) is 69.8 Å². The molecule has 1 aliphatic heterocycles. The van der Waals surface area contributed by atoms with Crippen LogP contribution in [0.3, 0.4) is 0 Å². The third-order valence-electron chi connectivity index (χ3n) is 3.90. The lowest BCUT2D eigenvalue weighted by molar-refractivity contribution is -0.120. The standard InChI is InChI=1S/C15H21F2N3O2/c16-13-2-1-11(7-14(13)17)8-20-5-4-19(10-15(18)22)9-12(20)3-6-21/h1-2,7,12,21H,3-6,8-10H2,(H2,18,22). The molecule has 122 valence electrons. The molecule has 0 aromatic heterocycles. The van der Waals surface area contributed by atoms with E-state index in [0.717, 1.165) is 6.07 Å². The normalized spacial score (nSPS) is 20.2. The van der Waals surface area contributed by atoms with E-state index in [4.69, 9.17) is 5.73 Å². The van der Waals surface area contributed by atoms with E-state index in [2.05, 4.69) is 4.90 Å². The molecule has 1 amide bonds. The van der Waals surface area contributed by atoms with E-state index >= 15 is 0 Å². The maximum absolute atomic E-state index is 13.3. The Balaban J connectivity index is 2.02. The number of carbonyl (C=O) groups excluding carboxylic acids is 1. The van der Waals surface area contributed by atoms with Gasteiger partial charge >= 0.3 is 0 Å². The number of carbonyl (C=O) groups is 1. The van der Waals surface area contributed by atoms with Gasteiger partial charge in [0.25, 0.3) is 0 Å². The molecular formula is C15H21F2N3O2. The zero-order chi connectivity index (χ0) is 16.1. The van der Waals surface area contributed by atoms with Gasteiger partial charge in [-0.05, 0) is 24.1 Å². The van der Waals surface area contributed by atoms with Crippen molar-refractivity contribution in [2.45, 2.75) is 19.0 Å². The van der Waals surface area contributed by atoms with E-state index in [1.165, 1.54) is 6.07 Å². The van der Waals surface area contributed by atoms with Crippen LogP contribution in [0.15, 0.2) is 18.2 Å². The summed E-state index contributed by atoms with van der Waals surface area (Å²) >= 11 is 0. The van der Waals surface area contributed by atoms with Gasteiger partial charge < -0.3 is 10.8 Å². The van der Waals surface area contributed by atoms with Crippen molar-refractivity contribution in [2.24, 2.45) is 5.73 Å². The van der Waals surface area contributed by atoms with E-state index in [1.54, 1.807) is 6.07 Å². The molecule has 0 bridgehead atoms. The first-order chi connectivity index (χ1) is 10.5. The highest BCUT2D eigenvalue weighted by Crippen LogP contribution is 2.18. The molecule has 1 unspecified atom stereocenters. The van der Waals surface area contributed by atoms with Crippen molar-refractivity contribution in [3.05, 3.63) is 35.4 Å². The molecule has 0 aliphatic carbocycles. The molecule has 22 heavy (non-hydrogen) atoms. The third-order valence-corrected chi connectivity index (χ3v) is 3.90. The summed E-state index contributed by atoms with van der Waals surface area (Å²) in [6, 6.07) is 3.92. The number of piperazine rings is 1. The Hall–Kier alpha value is -1.57. The number of hydrogen-bond donors (Lipinski definition) is 2. The van der Waals surface area contributed by atoms with Crippen LogP contribution in [0.25, 0.3) is 0 Å². The monoisotopic (exact) mass is 313 g/mol. The SMILES string of the molecule is NC(=O)CN1CCN(Cc2ccc(F)c(F)c2)C(CCO)C1. The first kappa shape index (κ1) is 16.8. The molecule has 1 fully saturated rings. The summed E-state index contributed by atoms with van der Waals surface area (Å²) < 4.78 is 26.3. The quantitative estimate of drug-likeness (QED) is 0.793. The zero-order valence-corrected chi connectivity index (χ0v) is 12.3. The molecule has 0 radical (unpaired) electrons. The van der Waals surface area contributed by atoms with E-state index in [9.17, 15) is 18.7 Å². The molecular weight excluding hydrogens is 292 g/mol. The Morgan fingerprint density at radius 2 is 2.09 bits per heavy atom. The smallest absolute Gasteiger partial charge is 0.231 e. The fourth-order valence-electron chi connectivity index (χ4n) is 2.82. The number of benzene rings is 1. The Kier molecular flexibility index (Phi) is 5.82. The highest BCUT2D eigenvalue weighted by atomic mass is 19.2. The van der Waals surface area contributed by atoms with Crippen molar-refractivity contribution >= 4 is 5.91 Å². The molecule has 0 saturated carbocycles. The summed E-state index contributed by atoms with van der Waals surface area (Å²) in [6.45, 7) is 2.68. The van der Waals surface area contributed by atoms with Crippen LogP contribution < -0.4 is 5.73 Å². The average Bonchev–Trinajstić information content (AvgIpc) is 2.45. The zero-order valence-electron chi connectivity index (χ0n) is 12.3. The van der Waals surface area contributed by atoms with Crippen LogP contribution in [0.2, 0.25) is 0 Å². The number of nitrogens with two attached hydrogens (primary N) is 1. The van der Waals surface area contributed by atoms with Gasteiger partial charge in [-0.3, -0.25) is 14.6 Å². The molecule has 1 aliphatic rings. The molecule has 2 rings (SSSR count). The highest BCUT2D eigenvalue weighted by Gasteiger charge is 2.27. The number of rotatable bonds is 6. The van der Waals surface area contributed by atoms with Gasteiger partial charge in [0.05, 0.1) is 6.54 Å². The highest BCUT2D eigenvalue weighted by molar-refractivity contribution is 5.75. The first-order valence-electron chi connectivity index (χ1n) is 7.29. The second-order valence-corrected chi connectivity index (χ2v) is 5.59. The number of aliphatic hydroxyl groups excluding tert-OH is 1. The van der Waals surface area contributed by atoms with Crippen LogP contribution >= 0.6 is 0 Å². The van der Waals surface area contributed by atoms with E-state index in [0.29, 0.717) is 38.2 Å². The van der Waals surface area contributed by atoms with Crippen molar-refractivity contribution < 1.29 is 18.7 Å². The van der Waals surface area contributed by atoms with Crippen molar-refractivity contribution in [3.8, 4) is 0 Å². The van der Waals surface area contributed by atoms with Crippen LogP contribution in [-0.4, -0.2) is 59.6 Å². The summed E-state index contributed by atoms with van der Waals surface area (Å²) in [7, 11) is 0. The molecule has 1 aromatic carbocycles. The van der Waals surface area contributed by atoms with Crippen LogP contribution in [-0.2, 0) is 11.3 Å². The molecule has 1 saturated heterocycles. The molecule has 0 spiro atoms. The fourth-order valence-corrected chi connectivity index (χ4v) is 2.82. The maximum atomic E-state index is 13.3. The predicted molar refractivity (Wildman–Crippen MR) is 77.9 cm³/mol. The van der Waals surface area contributed by atoms with Gasteiger partial charge in [0, 0.05) is 38.8 Å². The van der Waals surface area contributed by atoms with Crippen molar-refractivity contribution in [2.75, 3.05) is 32.8 Å². The number of aliphatic hydroxyl groups is 1. The predicted octanol–water partition coefficient (Wildman–Crippen LogP) is 0.319. The van der Waals surface area contributed by atoms with Crippen molar-refractivity contribution in [1.82, 2.24) is 9.80 Å². The van der Waals surface area contributed by atoms with Gasteiger partial charge in [0.15, 0.2) is 11.6 Å². The minimum Gasteiger partial charge on any atom is -0.396 e. The lowest BCUT2D eigenvalue weighted by atomic mass is 10.1.